The second-order valence-corrected chi connectivity index (χ2v) is 6.60. The molecule has 0 unspecified atom stereocenters. The Hall–Kier alpha value is -2.28. The van der Waals surface area contributed by atoms with Crippen LogP contribution in [0.3, 0.4) is 0 Å². The molecule has 7 heteroatoms. The van der Waals surface area contributed by atoms with Crippen LogP contribution in [0, 0.1) is 11.6 Å². The van der Waals surface area contributed by atoms with Gasteiger partial charge in [-0.15, -0.1) is 0 Å². The van der Waals surface area contributed by atoms with Crippen LogP contribution >= 0.6 is 0 Å². The van der Waals surface area contributed by atoms with Crippen molar-refractivity contribution in [1.82, 2.24) is 0 Å². The lowest BCUT2D eigenvalue weighted by molar-refractivity contribution is 0.0921. The first kappa shape index (κ1) is 16.1. The minimum absolute atomic E-state index is 0.00773. The molecule has 2 rings (SSSR count). The molecule has 0 aromatic heterocycles. The van der Waals surface area contributed by atoms with Gasteiger partial charge in [0.1, 0.15) is 5.75 Å². The lowest BCUT2D eigenvalue weighted by atomic mass is 10.1. The molecule has 2 aromatic rings. The fraction of sp³-hybridized carbons (Fsp3) is 0.133. The van der Waals surface area contributed by atoms with Crippen LogP contribution in [-0.2, 0) is 9.84 Å². The van der Waals surface area contributed by atoms with E-state index in [1.54, 1.807) is 0 Å². The maximum absolute atomic E-state index is 13.0. The van der Waals surface area contributed by atoms with Crippen LogP contribution < -0.4 is 4.74 Å². The highest BCUT2D eigenvalue weighted by molar-refractivity contribution is 7.90. The van der Waals surface area contributed by atoms with Crippen molar-refractivity contribution in [2.45, 2.75) is 4.90 Å². The summed E-state index contributed by atoms with van der Waals surface area (Å²) in [4.78, 5) is 11.9. The summed E-state index contributed by atoms with van der Waals surface area (Å²) in [5, 5.41) is 0. The number of benzene rings is 2. The third kappa shape index (κ3) is 3.88. The molecule has 0 aliphatic heterocycles. The first-order valence-electron chi connectivity index (χ1n) is 6.18. The first-order chi connectivity index (χ1) is 10.3. The molecule has 0 heterocycles. The molecular weight excluding hydrogens is 314 g/mol. The number of hydrogen-bond donors (Lipinski definition) is 0. The molecule has 0 bridgehead atoms. The molecule has 0 aliphatic carbocycles. The van der Waals surface area contributed by atoms with E-state index in [0.29, 0.717) is 5.75 Å². The summed E-state index contributed by atoms with van der Waals surface area (Å²) in [7, 11) is -3.30. The molecule has 0 N–H and O–H groups in total. The van der Waals surface area contributed by atoms with Gasteiger partial charge < -0.3 is 4.74 Å². The standard InChI is InChI=1S/C15H12F2O4S/c1-22(19,20)12-5-3-11(4-6-12)21-9-15(18)10-2-7-13(16)14(17)8-10/h2-8H,9H2,1H3. The second-order valence-electron chi connectivity index (χ2n) is 4.58. The Kier molecular flexibility index (Phi) is 4.56. The van der Waals surface area contributed by atoms with Gasteiger partial charge in [-0.2, -0.15) is 0 Å². The van der Waals surface area contributed by atoms with Gasteiger partial charge in [0, 0.05) is 11.8 Å². The highest BCUT2D eigenvalue weighted by Crippen LogP contribution is 2.16. The van der Waals surface area contributed by atoms with E-state index in [0.717, 1.165) is 24.5 Å². The number of halogens is 2. The van der Waals surface area contributed by atoms with Crippen LogP contribution in [0.4, 0.5) is 8.78 Å². The predicted molar refractivity (Wildman–Crippen MR) is 75.7 cm³/mol. The van der Waals surface area contributed by atoms with Gasteiger partial charge in [0.2, 0.25) is 0 Å². The average Bonchev–Trinajstić information content (AvgIpc) is 2.47. The zero-order valence-electron chi connectivity index (χ0n) is 11.5. The van der Waals surface area contributed by atoms with Gasteiger partial charge in [-0.25, -0.2) is 17.2 Å². The van der Waals surface area contributed by atoms with Crippen molar-refractivity contribution in [1.29, 1.82) is 0 Å². The van der Waals surface area contributed by atoms with Crippen LogP contribution in [0.15, 0.2) is 47.4 Å². The molecule has 0 fully saturated rings. The van der Waals surface area contributed by atoms with Crippen molar-refractivity contribution < 1.29 is 26.7 Å². The van der Waals surface area contributed by atoms with Gasteiger partial charge in [-0.3, -0.25) is 4.79 Å². The third-order valence-corrected chi connectivity index (χ3v) is 3.99. The van der Waals surface area contributed by atoms with E-state index in [-0.39, 0.29) is 17.1 Å². The van der Waals surface area contributed by atoms with Crippen molar-refractivity contribution in [2.24, 2.45) is 0 Å². The molecule has 116 valence electrons. The van der Waals surface area contributed by atoms with Crippen molar-refractivity contribution in [3.05, 3.63) is 59.7 Å². The SMILES string of the molecule is CS(=O)(=O)c1ccc(OCC(=O)c2ccc(F)c(F)c2)cc1. The normalized spacial score (nSPS) is 11.2. The lowest BCUT2D eigenvalue weighted by Crippen LogP contribution is -2.12. The number of ketones is 1. The van der Waals surface area contributed by atoms with E-state index in [9.17, 15) is 22.0 Å². The first-order valence-corrected chi connectivity index (χ1v) is 8.07. The molecule has 0 spiro atoms. The zero-order valence-corrected chi connectivity index (χ0v) is 12.4. The Balaban J connectivity index is 2.03. The molecule has 2 aromatic carbocycles. The molecule has 22 heavy (non-hydrogen) atoms. The molecular formula is C15H12F2O4S. The minimum Gasteiger partial charge on any atom is -0.485 e. The Morgan fingerprint density at radius 3 is 2.23 bits per heavy atom. The number of hydrogen-bond acceptors (Lipinski definition) is 4. The predicted octanol–water partition coefficient (Wildman–Crippen LogP) is 2.63. The largest absolute Gasteiger partial charge is 0.485 e. The summed E-state index contributed by atoms with van der Waals surface area (Å²) in [6, 6.07) is 8.36. The molecule has 4 nitrogen and oxygen atoms in total. The highest BCUT2D eigenvalue weighted by atomic mass is 32.2. The van der Waals surface area contributed by atoms with Gasteiger partial charge in [-0.05, 0) is 42.5 Å². The summed E-state index contributed by atoms with van der Waals surface area (Å²) in [5.74, 6) is -2.37. The van der Waals surface area contributed by atoms with Crippen LogP contribution in [0.5, 0.6) is 5.75 Å². The molecule has 0 saturated carbocycles. The molecule has 0 aliphatic rings. The summed E-state index contributed by atoms with van der Waals surface area (Å²) in [6.45, 7) is -0.372. The van der Waals surface area contributed by atoms with Gasteiger partial charge in [0.25, 0.3) is 0 Å². The smallest absolute Gasteiger partial charge is 0.200 e. The van der Waals surface area contributed by atoms with Crippen molar-refractivity contribution in [3.63, 3.8) is 0 Å². The number of sulfone groups is 1. The van der Waals surface area contributed by atoms with E-state index < -0.39 is 27.3 Å². The average molecular weight is 326 g/mol. The summed E-state index contributed by atoms with van der Waals surface area (Å²) in [6.07, 6.45) is 1.08. The van der Waals surface area contributed by atoms with Gasteiger partial charge in [-0.1, -0.05) is 0 Å². The van der Waals surface area contributed by atoms with Crippen LogP contribution in [0.25, 0.3) is 0 Å². The Bertz CT molecular complexity index is 799. The summed E-state index contributed by atoms with van der Waals surface area (Å²) >= 11 is 0. The molecule has 0 saturated heterocycles. The van der Waals surface area contributed by atoms with Crippen LogP contribution in [0.1, 0.15) is 10.4 Å². The van der Waals surface area contributed by atoms with Crippen LogP contribution in [-0.4, -0.2) is 27.1 Å². The fourth-order valence-corrected chi connectivity index (χ4v) is 2.32. The Labute approximate surface area is 126 Å². The van der Waals surface area contributed by atoms with Crippen molar-refractivity contribution >= 4 is 15.6 Å². The van der Waals surface area contributed by atoms with E-state index in [2.05, 4.69) is 0 Å². The number of Topliss-reactive ketones (excluding diaryl/α,β-unsaturated/α-hetero) is 1. The van der Waals surface area contributed by atoms with E-state index in [4.69, 9.17) is 4.74 Å². The number of carbonyl (C=O) groups is 1. The van der Waals surface area contributed by atoms with Crippen molar-refractivity contribution in [3.8, 4) is 5.75 Å². The Morgan fingerprint density at radius 2 is 1.68 bits per heavy atom. The number of rotatable bonds is 5. The second kappa shape index (κ2) is 6.23. The minimum atomic E-state index is -3.30. The van der Waals surface area contributed by atoms with Crippen LogP contribution in [0.2, 0.25) is 0 Å². The highest BCUT2D eigenvalue weighted by Gasteiger charge is 2.11. The van der Waals surface area contributed by atoms with Gasteiger partial charge >= 0.3 is 0 Å². The maximum atomic E-state index is 13.0. The molecule has 0 atom stereocenters. The maximum Gasteiger partial charge on any atom is 0.200 e. The number of carbonyl (C=O) groups excluding carboxylic acids is 1. The summed E-state index contributed by atoms with van der Waals surface area (Å²) in [5.41, 5.74) is -0.00773. The van der Waals surface area contributed by atoms with Gasteiger partial charge in [0.05, 0.1) is 4.90 Å². The monoisotopic (exact) mass is 326 g/mol. The molecule has 0 radical (unpaired) electrons. The summed E-state index contributed by atoms with van der Waals surface area (Å²) < 4.78 is 53.6. The lowest BCUT2D eigenvalue weighted by Gasteiger charge is -2.06. The third-order valence-electron chi connectivity index (χ3n) is 2.86. The zero-order chi connectivity index (χ0) is 16.3. The van der Waals surface area contributed by atoms with E-state index in [1.165, 1.54) is 24.3 Å². The topological polar surface area (TPSA) is 60.4 Å². The van der Waals surface area contributed by atoms with Gasteiger partial charge in [0.15, 0.2) is 33.9 Å². The Morgan fingerprint density at radius 1 is 1.05 bits per heavy atom. The fourth-order valence-electron chi connectivity index (χ4n) is 1.68. The van der Waals surface area contributed by atoms with E-state index in [1.807, 2.05) is 0 Å². The van der Waals surface area contributed by atoms with Crippen molar-refractivity contribution in [2.75, 3.05) is 12.9 Å². The number of ether oxygens (including phenoxy) is 1. The van der Waals surface area contributed by atoms with E-state index >= 15 is 0 Å². The quantitative estimate of drug-likeness (QED) is 0.793. The molecule has 0 amide bonds.